The smallest absolute Gasteiger partial charge is 0.208 e. The number of rotatable bonds is 8. The van der Waals surface area contributed by atoms with Crippen molar-refractivity contribution >= 4 is 29.9 Å². The number of oxazole rings is 1. The van der Waals surface area contributed by atoms with Gasteiger partial charge in [0.1, 0.15) is 11.5 Å². The normalized spacial score (nSPS) is 15.4. The van der Waals surface area contributed by atoms with Gasteiger partial charge in [0.25, 0.3) is 0 Å². The number of benzene rings is 1. The van der Waals surface area contributed by atoms with E-state index in [9.17, 15) is 0 Å². The summed E-state index contributed by atoms with van der Waals surface area (Å²) >= 11 is 0. The van der Waals surface area contributed by atoms with Crippen molar-refractivity contribution in [2.45, 2.75) is 46.7 Å². The van der Waals surface area contributed by atoms with Gasteiger partial charge in [-0.05, 0) is 70.3 Å². The zero-order valence-corrected chi connectivity index (χ0v) is 21.4. The van der Waals surface area contributed by atoms with Crippen LogP contribution in [0.1, 0.15) is 42.7 Å². The maximum atomic E-state index is 5.73. The highest BCUT2D eigenvalue weighted by atomic mass is 127. The van der Waals surface area contributed by atoms with Gasteiger partial charge in [-0.25, -0.2) is 9.98 Å². The molecule has 172 valence electrons. The first-order valence-corrected chi connectivity index (χ1v) is 10.9. The maximum absolute atomic E-state index is 5.73. The predicted octanol–water partition coefficient (Wildman–Crippen LogP) is 3.89. The molecule has 2 heterocycles. The Hall–Kier alpha value is -1.81. The lowest BCUT2D eigenvalue weighted by Crippen LogP contribution is -2.42. The second-order valence-electron chi connectivity index (χ2n) is 7.89. The van der Waals surface area contributed by atoms with Gasteiger partial charge in [-0.2, -0.15) is 0 Å². The number of guanidine groups is 1. The molecule has 0 saturated carbocycles. The lowest BCUT2D eigenvalue weighted by atomic mass is 9.97. The summed E-state index contributed by atoms with van der Waals surface area (Å²) in [6.07, 6.45) is 2.34. The number of likely N-dealkylation sites (tertiary alicyclic amines) is 1. The van der Waals surface area contributed by atoms with Gasteiger partial charge in [0.05, 0.1) is 25.9 Å². The summed E-state index contributed by atoms with van der Waals surface area (Å²) in [5, 5.41) is 6.87. The van der Waals surface area contributed by atoms with Crippen molar-refractivity contribution in [2.75, 3.05) is 33.3 Å². The van der Waals surface area contributed by atoms with Crippen LogP contribution in [-0.2, 0) is 13.1 Å². The monoisotopic (exact) mass is 541 g/mol. The molecule has 0 amide bonds. The van der Waals surface area contributed by atoms with Crippen LogP contribution in [-0.4, -0.2) is 49.1 Å². The maximum Gasteiger partial charge on any atom is 0.208 e. The predicted molar refractivity (Wildman–Crippen MR) is 135 cm³/mol. The Bertz CT molecular complexity index is 794. The molecule has 0 bridgehead atoms. The number of aromatic nitrogens is 1. The average Bonchev–Trinajstić information content (AvgIpc) is 3.08. The fourth-order valence-electron chi connectivity index (χ4n) is 3.63. The molecule has 8 heteroatoms. The van der Waals surface area contributed by atoms with E-state index in [0.29, 0.717) is 12.5 Å². The molecule has 1 aliphatic heterocycles. The summed E-state index contributed by atoms with van der Waals surface area (Å²) < 4.78 is 10.9. The SMILES string of the molecule is CCNC(=NCc1ccc(OC)cc1)NCC1CCN(Cc2nc(C)c(C)o2)CC1.I. The van der Waals surface area contributed by atoms with Crippen LogP contribution in [0.25, 0.3) is 0 Å². The van der Waals surface area contributed by atoms with Crippen LogP contribution in [0.2, 0.25) is 0 Å². The van der Waals surface area contributed by atoms with Crippen molar-refractivity contribution in [1.82, 2.24) is 20.5 Å². The molecule has 1 aromatic carbocycles. The third kappa shape index (κ3) is 7.99. The Morgan fingerprint density at radius 2 is 1.90 bits per heavy atom. The van der Waals surface area contributed by atoms with Crippen LogP contribution < -0.4 is 15.4 Å². The molecule has 1 aromatic heterocycles. The van der Waals surface area contributed by atoms with Gasteiger partial charge in [0.2, 0.25) is 5.89 Å². The lowest BCUT2D eigenvalue weighted by molar-refractivity contribution is 0.164. The van der Waals surface area contributed by atoms with E-state index in [1.165, 1.54) is 18.4 Å². The van der Waals surface area contributed by atoms with Crippen molar-refractivity contribution in [1.29, 1.82) is 0 Å². The fraction of sp³-hybridized carbons (Fsp3) is 0.565. The van der Waals surface area contributed by atoms with E-state index in [1.54, 1.807) is 7.11 Å². The number of aryl methyl sites for hydroxylation is 2. The first-order chi connectivity index (χ1) is 14.6. The summed E-state index contributed by atoms with van der Waals surface area (Å²) in [5.41, 5.74) is 2.16. The number of methoxy groups -OCH3 is 1. The van der Waals surface area contributed by atoms with Gasteiger partial charge in [-0.3, -0.25) is 4.90 Å². The minimum atomic E-state index is 0. The molecule has 0 atom stereocenters. The molecule has 0 radical (unpaired) electrons. The van der Waals surface area contributed by atoms with Crippen molar-refractivity contribution in [3.05, 3.63) is 47.2 Å². The standard InChI is InChI=1S/C23H35N5O2.HI/c1-5-24-23(25-14-19-6-8-21(29-4)9-7-19)26-15-20-10-12-28(13-11-20)16-22-27-17(2)18(3)30-22;/h6-9,20H,5,10-16H2,1-4H3,(H2,24,25,26);1H. The van der Waals surface area contributed by atoms with E-state index in [0.717, 1.165) is 61.8 Å². The largest absolute Gasteiger partial charge is 0.497 e. The quantitative estimate of drug-likeness (QED) is 0.300. The third-order valence-electron chi connectivity index (χ3n) is 5.62. The number of nitrogens with one attached hydrogen (secondary N) is 2. The van der Waals surface area contributed by atoms with Crippen molar-refractivity contribution in [2.24, 2.45) is 10.9 Å². The number of piperidine rings is 1. The molecule has 1 saturated heterocycles. The summed E-state index contributed by atoms with van der Waals surface area (Å²) in [5.74, 6) is 4.16. The zero-order chi connectivity index (χ0) is 21.3. The van der Waals surface area contributed by atoms with Crippen molar-refractivity contribution in [3.63, 3.8) is 0 Å². The highest BCUT2D eigenvalue weighted by molar-refractivity contribution is 14.0. The van der Waals surface area contributed by atoms with E-state index in [2.05, 4.69) is 39.6 Å². The molecule has 7 nitrogen and oxygen atoms in total. The fourth-order valence-corrected chi connectivity index (χ4v) is 3.63. The van der Waals surface area contributed by atoms with E-state index in [1.807, 2.05) is 26.0 Å². The molecule has 0 unspecified atom stereocenters. The van der Waals surface area contributed by atoms with Crippen LogP contribution in [0.3, 0.4) is 0 Å². The zero-order valence-electron chi connectivity index (χ0n) is 19.1. The minimum Gasteiger partial charge on any atom is -0.497 e. The van der Waals surface area contributed by atoms with Crippen LogP contribution in [0, 0.1) is 19.8 Å². The van der Waals surface area contributed by atoms with E-state index < -0.39 is 0 Å². The summed E-state index contributed by atoms with van der Waals surface area (Å²) in [6, 6.07) is 8.05. The Kier molecular flexibility index (Phi) is 10.6. The number of halogens is 1. The summed E-state index contributed by atoms with van der Waals surface area (Å²) in [4.78, 5) is 11.7. The Labute approximate surface area is 203 Å². The second-order valence-corrected chi connectivity index (χ2v) is 7.89. The topological polar surface area (TPSA) is 74.9 Å². The van der Waals surface area contributed by atoms with Crippen molar-refractivity contribution < 1.29 is 9.15 Å². The number of ether oxygens (including phenoxy) is 1. The molecule has 1 fully saturated rings. The molecular weight excluding hydrogens is 505 g/mol. The summed E-state index contributed by atoms with van der Waals surface area (Å²) in [7, 11) is 1.68. The second kappa shape index (κ2) is 12.9. The molecule has 3 rings (SSSR count). The Morgan fingerprint density at radius 3 is 2.48 bits per heavy atom. The average molecular weight is 541 g/mol. The molecule has 2 aromatic rings. The lowest BCUT2D eigenvalue weighted by Gasteiger charge is -2.31. The molecule has 31 heavy (non-hydrogen) atoms. The van der Waals surface area contributed by atoms with Crippen molar-refractivity contribution in [3.8, 4) is 5.75 Å². The molecule has 1 aliphatic rings. The van der Waals surface area contributed by atoms with Crippen LogP contribution in [0.15, 0.2) is 33.7 Å². The van der Waals surface area contributed by atoms with Crippen LogP contribution >= 0.6 is 24.0 Å². The van der Waals surface area contributed by atoms with Gasteiger partial charge >= 0.3 is 0 Å². The van der Waals surface area contributed by atoms with Gasteiger partial charge in [-0.1, -0.05) is 12.1 Å². The van der Waals surface area contributed by atoms with Gasteiger partial charge < -0.3 is 19.8 Å². The molecular formula is C23H36IN5O2. The van der Waals surface area contributed by atoms with E-state index in [4.69, 9.17) is 14.1 Å². The van der Waals surface area contributed by atoms with Crippen LogP contribution in [0.5, 0.6) is 5.75 Å². The Morgan fingerprint density at radius 1 is 1.19 bits per heavy atom. The minimum absolute atomic E-state index is 0. The third-order valence-corrected chi connectivity index (χ3v) is 5.62. The number of nitrogens with zero attached hydrogens (tertiary/aromatic N) is 3. The van der Waals surface area contributed by atoms with Gasteiger partial charge in [0.15, 0.2) is 5.96 Å². The van der Waals surface area contributed by atoms with Gasteiger partial charge in [-0.15, -0.1) is 24.0 Å². The van der Waals surface area contributed by atoms with E-state index in [-0.39, 0.29) is 24.0 Å². The first-order valence-electron chi connectivity index (χ1n) is 10.9. The highest BCUT2D eigenvalue weighted by Crippen LogP contribution is 2.19. The summed E-state index contributed by atoms with van der Waals surface area (Å²) in [6.45, 7) is 11.5. The van der Waals surface area contributed by atoms with E-state index >= 15 is 0 Å². The molecule has 0 spiro atoms. The molecule has 2 N–H and O–H groups in total. The number of hydrogen-bond donors (Lipinski definition) is 2. The Balaban J connectivity index is 0.00000341. The number of hydrogen-bond acceptors (Lipinski definition) is 5. The number of aliphatic imine (C=N–C) groups is 1. The molecule has 0 aliphatic carbocycles. The highest BCUT2D eigenvalue weighted by Gasteiger charge is 2.21. The van der Waals surface area contributed by atoms with Gasteiger partial charge in [0, 0.05) is 13.1 Å². The van der Waals surface area contributed by atoms with Crippen LogP contribution in [0.4, 0.5) is 0 Å². The first kappa shape index (κ1) is 25.5.